The smallest absolute Gasteiger partial charge is 0.0443 e. The maximum atomic E-state index is 2.49. The van der Waals surface area contributed by atoms with Crippen LogP contribution in [0.5, 0.6) is 0 Å². The van der Waals surface area contributed by atoms with Crippen LogP contribution in [0, 0.1) is 5.92 Å². The first-order valence-electron chi connectivity index (χ1n) is 14.8. The van der Waals surface area contributed by atoms with E-state index in [1.807, 2.05) is 0 Å². The van der Waals surface area contributed by atoms with Crippen molar-refractivity contribution >= 4 is 0 Å². The minimum absolute atomic E-state index is 0.969. The van der Waals surface area contributed by atoms with E-state index in [4.69, 9.17) is 0 Å². The quantitative estimate of drug-likeness (QED) is 0.122. The molecular formula is C30H62. The predicted molar refractivity (Wildman–Crippen MR) is 141 cm³/mol. The zero-order valence-corrected chi connectivity index (χ0v) is 22.0. The molecule has 0 N–H and O–H groups in total. The summed E-state index contributed by atoms with van der Waals surface area (Å²) in [5, 5.41) is 0. The largest absolute Gasteiger partial charge is 0.0654 e. The molecule has 0 saturated heterocycles. The lowest BCUT2D eigenvalue weighted by molar-refractivity contribution is 0.430. The second-order valence-corrected chi connectivity index (χ2v) is 10.5. The van der Waals surface area contributed by atoms with E-state index < -0.39 is 0 Å². The first-order chi connectivity index (χ1) is 14.8. The van der Waals surface area contributed by atoms with E-state index in [-0.39, 0.29) is 0 Å². The minimum atomic E-state index is 0.969. The summed E-state index contributed by atoms with van der Waals surface area (Å²) in [5.74, 6) is 0.969. The second kappa shape index (κ2) is 27.0. The summed E-state index contributed by atoms with van der Waals surface area (Å²) < 4.78 is 0. The fourth-order valence-corrected chi connectivity index (χ4v) is 4.81. The molecule has 0 amide bonds. The Bertz CT molecular complexity index is 282. The molecule has 0 nitrogen and oxygen atoms in total. The Hall–Kier alpha value is 0. The maximum absolute atomic E-state index is 2.49. The van der Waals surface area contributed by atoms with E-state index in [1.165, 1.54) is 167 Å². The van der Waals surface area contributed by atoms with Gasteiger partial charge < -0.3 is 0 Å². The average Bonchev–Trinajstić information content (AvgIpc) is 2.75. The Morgan fingerprint density at radius 1 is 0.300 bits per heavy atom. The lowest BCUT2D eigenvalue weighted by atomic mass is 9.95. The molecular weight excluding hydrogens is 360 g/mol. The molecule has 0 aromatic heterocycles. The van der Waals surface area contributed by atoms with Crippen molar-refractivity contribution in [3.63, 3.8) is 0 Å². The van der Waals surface area contributed by atoms with Gasteiger partial charge in [0.2, 0.25) is 0 Å². The van der Waals surface area contributed by atoms with Gasteiger partial charge in [-0.25, -0.2) is 0 Å². The lowest BCUT2D eigenvalue weighted by Gasteiger charge is -2.11. The van der Waals surface area contributed by atoms with Crippen LogP contribution in [-0.4, -0.2) is 0 Å². The monoisotopic (exact) mass is 422 g/mol. The van der Waals surface area contributed by atoms with Gasteiger partial charge in [0.15, 0.2) is 0 Å². The van der Waals surface area contributed by atoms with Crippen molar-refractivity contribution in [1.29, 1.82) is 0 Å². The van der Waals surface area contributed by atoms with E-state index in [0.29, 0.717) is 0 Å². The van der Waals surface area contributed by atoms with E-state index in [1.54, 1.807) is 0 Å². The summed E-state index contributed by atoms with van der Waals surface area (Å²) in [6.07, 6.45) is 38.3. The van der Waals surface area contributed by atoms with Gasteiger partial charge in [-0.2, -0.15) is 0 Å². The Morgan fingerprint density at radius 2 is 0.500 bits per heavy atom. The van der Waals surface area contributed by atoms with Crippen LogP contribution in [0.25, 0.3) is 0 Å². The Morgan fingerprint density at radius 3 is 0.733 bits per heavy atom. The maximum Gasteiger partial charge on any atom is -0.0443 e. The predicted octanol–water partition coefficient (Wildman–Crippen LogP) is 11.8. The first kappa shape index (κ1) is 30.0. The van der Waals surface area contributed by atoms with Gasteiger partial charge in [-0.15, -0.1) is 0 Å². The summed E-state index contributed by atoms with van der Waals surface area (Å²) in [4.78, 5) is 0. The van der Waals surface area contributed by atoms with Crippen LogP contribution in [0.2, 0.25) is 0 Å². The third-order valence-electron chi connectivity index (χ3n) is 7.10. The van der Waals surface area contributed by atoms with Gasteiger partial charge in [0.05, 0.1) is 0 Å². The van der Waals surface area contributed by atoms with Crippen molar-refractivity contribution in [1.82, 2.24) is 0 Å². The molecule has 30 heavy (non-hydrogen) atoms. The highest BCUT2D eigenvalue weighted by atomic mass is 14.1. The van der Waals surface area contributed by atoms with Crippen molar-refractivity contribution in [2.24, 2.45) is 5.92 Å². The summed E-state index contributed by atoms with van der Waals surface area (Å²) in [7, 11) is 0. The Labute approximate surface area is 193 Å². The topological polar surface area (TPSA) is 0 Å². The molecule has 0 aromatic carbocycles. The van der Waals surface area contributed by atoms with E-state index in [9.17, 15) is 0 Å². The van der Waals surface area contributed by atoms with Crippen LogP contribution in [-0.2, 0) is 0 Å². The minimum Gasteiger partial charge on any atom is -0.0654 e. The molecule has 0 aromatic rings. The molecule has 0 heterocycles. The molecule has 182 valence electrons. The Kier molecular flexibility index (Phi) is 27.0. The number of hydrogen-bond acceptors (Lipinski definition) is 0. The highest BCUT2D eigenvalue weighted by molar-refractivity contribution is 4.56. The molecule has 1 atom stereocenters. The number of hydrogen-bond donors (Lipinski definition) is 0. The zero-order valence-electron chi connectivity index (χ0n) is 22.0. The first-order valence-corrected chi connectivity index (χ1v) is 14.8. The van der Waals surface area contributed by atoms with Crippen LogP contribution in [0.4, 0.5) is 0 Å². The number of unbranched alkanes of at least 4 members (excludes halogenated alkanes) is 22. The van der Waals surface area contributed by atoms with Gasteiger partial charge in [-0.1, -0.05) is 188 Å². The molecule has 0 aliphatic heterocycles. The lowest BCUT2D eigenvalue weighted by Crippen LogP contribution is -1.95. The third-order valence-corrected chi connectivity index (χ3v) is 7.10. The van der Waals surface area contributed by atoms with Crippen LogP contribution in [0.3, 0.4) is 0 Å². The number of rotatable bonds is 26. The van der Waals surface area contributed by atoms with Gasteiger partial charge in [0.25, 0.3) is 0 Å². The van der Waals surface area contributed by atoms with Crippen LogP contribution < -0.4 is 0 Å². The SMILES string of the molecule is CCCCCCCCCCCCCCCCCCCC(C)CCCCCCCCC. The summed E-state index contributed by atoms with van der Waals surface area (Å²) in [6.45, 7) is 7.10. The van der Waals surface area contributed by atoms with E-state index >= 15 is 0 Å². The van der Waals surface area contributed by atoms with Gasteiger partial charge >= 0.3 is 0 Å². The zero-order chi connectivity index (χ0) is 22.0. The van der Waals surface area contributed by atoms with Crippen molar-refractivity contribution < 1.29 is 0 Å². The molecule has 1 unspecified atom stereocenters. The molecule has 0 aliphatic rings. The molecule has 0 aliphatic carbocycles. The van der Waals surface area contributed by atoms with Crippen molar-refractivity contribution in [3.8, 4) is 0 Å². The van der Waals surface area contributed by atoms with Crippen LogP contribution in [0.15, 0.2) is 0 Å². The van der Waals surface area contributed by atoms with Crippen LogP contribution >= 0.6 is 0 Å². The molecule has 0 spiro atoms. The molecule has 0 bridgehead atoms. The van der Waals surface area contributed by atoms with Gasteiger partial charge in [0, 0.05) is 0 Å². The van der Waals surface area contributed by atoms with Gasteiger partial charge in [0.1, 0.15) is 0 Å². The highest BCUT2D eigenvalue weighted by Gasteiger charge is 2.02. The van der Waals surface area contributed by atoms with Crippen molar-refractivity contribution in [3.05, 3.63) is 0 Å². The van der Waals surface area contributed by atoms with Gasteiger partial charge in [-0.05, 0) is 5.92 Å². The summed E-state index contributed by atoms with van der Waals surface area (Å²) in [6, 6.07) is 0. The third kappa shape index (κ3) is 26.0. The molecule has 0 radical (unpaired) electrons. The fourth-order valence-electron chi connectivity index (χ4n) is 4.81. The highest BCUT2D eigenvalue weighted by Crippen LogP contribution is 2.19. The van der Waals surface area contributed by atoms with Gasteiger partial charge in [-0.3, -0.25) is 0 Å². The van der Waals surface area contributed by atoms with Crippen molar-refractivity contribution in [2.75, 3.05) is 0 Å². The fraction of sp³-hybridized carbons (Fsp3) is 1.00. The van der Waals surface area contributed by atoms with E-state index in [0.717, 1.165) is 5.92 Å². The second-order valence-electron chi connectivity index (χ2n) is 10.5. The normalized spacial score (nSPS) is 12.5. The molecule has 0 heteroatoms. The van der Waals surface area contributed by atoms with Crippen molar-refractivity contribution in [2.45, 2.75) is 188 Å². The summed E-state index contributed by atoms with van der Waals surface area (Å²) >= 11 is 0. The Balaban J connectivity index is 3.10. The molecule has 0 saturated carbocycles. The standard InChI is InChI=1S/C30H62/c1-4-6-8-10-12-13-14-15-16-17-18-19-20-21-23-25-27-29-30(3)28-26-24-22-11-9-7-5-2/h30H,4-29H2,1-3H3. The summed E-state index contributed by atoms with van der Waals surface area (Å²) in [5.41, 5.74) is 0. The van der Waals surface area contributed by atoms with Crippen LogP contribution in [0.1, 0.15) is 188 Å². The average molecular weight is 423 g/mol. The van der Waals surface area contributed by atoms with E-state index in [2.05, 4.69) is 20.8 Å². The molecule has 0 rings (SSSR count). The molecule has 0 fully saturated rings.